The molecule has 1 fully saturated rings. The average Bonchev–Trinajstić information content (AvgIpc) is 3.22. The van der Waals surface area contributed by atoms with Gasteiger partial charge in [-0.2, -0.15) is 5.26 Å². The quantitative estimate of drug-likeness (QED) is 0.619. The van der Waals surface area contributed by atoms with E-state index in [1.54, 1.807) is 18.6 Å². The number of carbonyl (C=O) groups is 1. The summed E-state index contributed by atoms with van der Waals surface area (Å²) in [5, 5.41) is 9.69. The molecule has 0 saturated carbocycles. The number of hydrogen-bond acceptors (Lipinski definition) is 5. The van der Waals surface area contributed by atoms with Crippen LogP contribution < -0.4 is 10.5 Å². The number of amides is 1. The van der Waals surface area contributed by atoms with Crippen molar-refractivity contribution in [3.63, 3.8) is 0 Å². The summed E-state index contributed by atoms with van der Waals surface area (Å²) in [6, 6.07) is 15.2. The Morgan fingerprint density at radius 2 is 2.00 bits per heavy atom. The lowest BCUT2D eigenvalue weighted by Crippen LogP contribution is -2.41. The first-order valence-electron chi connectivity index (χ1n) is 11.5. The van der Waals surface area contributed by atoms with Crippen molar-refractivity contribution in [3.05, 3.63) is 77.4 Å². The van der Waals surface area contributed by atoms with Crippen LogP contribution in [-0.4, -0.2) is 34.0 Å². The molecule has 34 heavy (non-hydrogen) atoms. The van der Waals surface area contributed by atoms with Crippen LogP contribution in [0.1, 0.15) is 55.5 Å². The summed E-state index contributed by atoms with van der Waals surface area (Å²) in [7, 11) is 3.76. The Morgan fingerprint density at radius 3 is 2.71 bits per heavy atom. The van der Waals surface area contributed by atoms with E-state index in [0.29, 0.717) is 17.1 Å². The normalized spacial score (nSPS) is 20.4. The van der Waals surface area contributed by atoms with Gasteiger partial charge in [0.25, 0.3) is 0 Å². The molecule has 1 aromatic heterocycles. The van der Waals surface area contributed by atoms with E-state index >= 15 is 0 Å². The number of nitriles is 1. The average molecular weight is 458 g/mol. The Balaban J connectivity index is 1.70. The maximum atomic E-state index is 13.2. The van der Waals surface area contributed by atoms with Gasteiger partial charge in [0.05, 0.1) is 34.7 Å². The van der Waals surface area contributed by atoms with Gasteiger partial charge >= 0.3 is 0 Å². The molecule has 2 heterocycles. The molecule has 1 aliphatic heterocycles. The Hall–Kier alpha value is -3.63. The standard InChI is InChI=1S/C27H31N5O2/c1-26(12-5-6-13-31(3)25(26)33)20-8-7-9-22(14-20)34-23-15-21(11-10-19(23)16-28)27(2,29)24-17-30-18-32(24)4/h7-11,14-15,17-18H,5-6,12-13,29H2,1-4H3/t26-,27-/m0/s1. The molecule has 0 bridgehead atoms. The van der Waals surface area contributed by atoms with Crippen LogP contribution in [0, 0.1) is 11.3 Å². The molecule has 7 nitrogen and oxygen atoms in total. The van der Waals surface area contributed by atoms with Crippen molar-refractivity contribution in [1.82, 2.24) is 14.5 Å². The molecule has 2 atom stereocenters. The van der Waals surface area contributed by atoms with Crippen LogP contribution in [0.2, 0.25) is 0 Å². The van der Waals surface area contributed by atoms with Crippen molar-refractivity contribution in [2.24, 2.45) is 12.8 Å². The van der Waals surface area contributed by atoms with Crippen molar-refractivity contribution in [2.75, 3.05) is 13.6 Å². The second-order valence-corrected chi connectivity index (χ2v) is 9.56. The van der Waals surface area contributed by atoms with Gasteiger partial charge in [-0.05, 0) is 62.1 Å². The summed E-state index contributed by atoms with van der Waals surface area (Å²) in [5.74, 6) is 1.12. The summed E-state index contributed by atoms with van der Waals surface area (Å²) in [4.78, 5) is 19.2. The van der Waals surface area contributed by atoms with E-state index in [1.807, 2.05) is 73.8 Å². The van der Waals surface area contributed by atoms with Crippen molar-refractivity contribution >= 4 is 5.91 Å². The fourth-order valence-corrected chi connectivity index (χ4v) is 4.78. The summed E-state index contributed by atoms with van der Waals surface area (Å²) in [6.45, 7) is 4.69. The third-order valence-corrected chi connectivity index (χ3v) is 6.99. The molecule has 2 aromatic carbocycles. The van der Waals surface area contributed by atoms with Crippen LogP contribution in [0.15, 0.2) is 55.0 Å². The highest BCUT2D eigenvalue weighted by Gasteiger charge is 2.38. The first-order valence-corrected chi connectivity index (χ1v) is 11.5. The number of aromatic nitrogens is 2. The van der Waals surface area contributed by atoms with Gasteiger partial charge in [0.1, 0.15) is 17.6 Å². The summed E-state index contributed by atoms with van der Waals surface area (Å²) in [5.41, 5.74) is 8.22. The van der Waals surface area contributed by atoms with E-state index in [-0.39, 0.29) is 5.91 Å². The zero-order valence-corrected chi connectivity index (χ0v) is 20.2. The van der Waals surface area contributed by atoms with Crippen LogP contribution in [0.25, 0.3) is 0 Å². The summed E-state index contributed by atoms with van der Waals surface area (Å²) < 4.78 is 8.11. The molecule has 0 unspecified atom stereocenters. The number of carbonyl (C=O) groups excluding carboxylic acids is 1. The molecule has 0 aliphatic carbocycles. The lowest BCUT2D eigenvalue weighted by Gasteiger charge is -2.30. The minimum atomic E-state index is -0.829. The van der Waals surface area contributed by atoms with Crippen molar-refractivity contribution in [2.45, 2.75) is 44.1 Å². The number of aryl methyl sites for hydroxylation is 1. The molecule has 3 aromatic rings. The maximum Gasteiger partial charge on any atom is 0.232 e. The lowest BCUT2D eigenvalue weighted by atomic mass is 9.77. The highest BCUT2D eigenvalue weighted by molar-refractivity contribution is 5.88. The summed E-state index contributed by atoms with van der Waals surface area (Å²) in [6.07, 6.45) is 6.22. The molecule has 0 radical (unpaired) electrons. The van der Waals surface area contributed by atoms with Crippen LogP contribution in [0.4, 0.5) is 0 Å². The highest BCUT2D eigenvalue weighted by Crippen LogP contribution is 2.37. The zero-order chi connectivity index (χ0) is 24.5. The fraction of sp³-hybridized carbons (Fsp3) is 0.370. The third-order valence-electron chi connectivity index (χ3n) is 6.99. The molecule has 1 amide bonds. The van der Waals surface area contributed by atoms with Gasteiger partial charge in [-0.25, -0.2) is 4.98 Å². The van der Waals surface area contributed by atoms with Crippen molar-refractivity contribution in [1.29, 1.82) is 5.26 Å². The first-order chi connectivity index (χ1) is 16.2. The van der Waals surface area contributed by atoms with Gasteiger partial charge in [-0.3, -0.25) is 4.79 Å². The van der Waals surface area contributed by atoms with Crippen molar-refractivity contribution < 1.29 is 9.53 Å². The maximum absolute atomic E-state index is 13.2. The van der Waals surface area contributed by atoms with Gasteiger partial charge < -0.3 is 19.9 Å². The van der Waals surface area contributed by atoms with Crippen LogP contribution >= 0.6 is 0 Å². The molecule has 0 spiro atoms. The zero-order valence-electron chi connectivity index (χ0n) is 20.2. The Kier molecular flexibility index (Phi) is 6.20. The molecular weight excluding hydrogens is 426 g/mol. The van der Waals surface area contributed by atoms with E-state index in [4.69, 9.17) is 10.5 Å². The third kappa shape index (κ3) is 4.17. The largest absolute Gasteiger partial charge is 0.456 e. The molecule has 7 heteroatoms. The van der Waals surface area contributed by atoms with Crippen LogP contribution in [0.3, 0.4) is 0 Å². The number of nitrogens with two attached hydrogens (primary N) is 1. The van der Waals surface area contributed by atoms with Gasteiger partial charge in [0.2, 0.25) is 5.91 Å². The van der Waals surface area contributed by atoms with E-state index < -0.39 is 11.0 Å². The fourth-order valence-electron chi connectivity index (χ4n) is 4.78. The molecule has 1 saturated heterocycles. The van der Waals surface area contributed by atoms with Gasteiger partial charge in [-0.1, -0.05) is 24.6 Å². The first kappa shape index (κ1) is 23.5. The SMILES string of the molecule is CN1CCCC[C@@](C)(c2cccc(Oc3cc([C@](C)(N)c4cncn4C)ccc3C#N)c2)C1=O. The minimum absolute atomic E-state index is 0.122. The molecule has 176 valence electrons. The second kappa shape index (κ2) is 8.96. The lowest BCUT2D eigenvalue weighted by molar-refractivity contribution is -0.134. The Bertz CT molecular complexity index is 1260. The molecule has 1 aliphatic rings. The highest BCUT2D eigenvalue weighted by atomic mass is 16.5. The van der Waals surface area contributed by atoms with Gasteiger partial charge in [0, 0.05) is 20.6 Å². The van der Waals surface area contributed by atoms with Gasteiger partial charge in [-0.15, -0.1) is 0 Å². The second-order valence-electron chi connectivity index (χ2n) is 9.56. The number of nitrogens with zero attached hydrogens (tertiary/aromatic N) is 4. The summed E-state index contributed by atoms with van der Waals surface area (Å²) >= 11 is 0. The number of hydrogen-bond donors (Lipinski definition) is 1. The number of likely N-dealkylation sites (tertiary alicyclic amines) is 1. The topological polar surface area (TPSA) is 97.2 Å². The minimum Gasteiger partial charge on any atom is -0.456 e. The van der Waals surface area contributed by atoms with Gasteiger partial charge in [0.15, 0.2) is 0 Å². The number of imidazole rings is 1. The number of benzene rings is 2. The van der Waals surface area contributed by atoms with Crippen LogP contribution in [0.5, 0.6) is 11.5 Å². The Labute approximate surface area is 200 Å². The molecular formula is C27H31N5O2. The van der Waals surface area contributed by atoms with E-state index in [9.17, 15) is 10.1 Å². The number of likely N-dealkylation sites (N-methyl/N-ethyl adjacent to an activating group) is 1. The number of rotatable bonds is 5. The Morgan fingerprint density at radius 1 is 1.21 bits per heavy atom. The molecule has 4 rings (SSSR count). The van der Waals surface area contributed by atoms with Crippen molar-refractivity contribution in [3.8, 4) is 17.6 Å². The molecule has 2 N–H and O–H groups in total. The van der Waals surface area contributed by atoms with E-state index in [1.165, 1.54) is 0 Å². The van der Waals surface area contributed by atoms with E-state index in [2.05, 4.69) is 11.1 Å². The predicted molar refractivity (Wildman–Crippen MR) is 130 cm³/mol. The monoisotopic (exact) mass is 457 g/mol. The smallest absolute Gasteiger partial charge is 0.232 e. The predicted octanol–water partition coefficient (Wildman–Crippen LogP) is 4.21. The van der Waals surface area contributed by atoms with Crippen LogP contribution in [-0.2, 0) is 22.8 Å². The van der Waals surface area contributed by atoms with E-state index in [0.717, 1.165) is 42.6 Å². The number of ether oxygens (including phenoxy) is 1.